The Morgan fingerprint density at radius 1 is 0.708 bits per heavy atom. The third-order valence-electron chi connectivity index (χ3n) is 4.13. The number of rotatable bonds is 2. The van der Waals surface area contributed by atoms with Gasteiger partial charge in [0, 0.05) is 0 Å². The first-order chi connectivity index (χ1) is 11.2. The summed E-state index contributed by atoms with van der Waals surface area (Å²) in [6.45, 7) is 13.0. The second-order valence-electron chi connectivity index (χ2n) is 8.17. The summed E-state index contributed by atoms with van der Waals surface area (Å²) in [5.41, 5.74) is 3.36. The van der Waals surface area contributed by atoms with Crippen molar-refractivity contribution in [3.63, 3.8) is 0 Å². The minimum absolute atomic E-state index is 0.0317. The molecule has 0 aromatic heterocycles. The van der Waals surface area contributed by atoms with E-state index in [0.29, 0.717) is 0 Å². The highest BCUT2D eigenvalue weighted by Crippen LogP contribution is 2.35. The van der Waals surface area contributed by atoms with Crippen molar-refractivity contribution in [2.45, 2.75) is 52.2 Å². The Hall–Kier alpha value is -1.98. The summed E-state index contributed by atoms with van der Waals surface area (Å²) in [6, 6.07) is 21.4. The van der Waals surface area contributed by atoms with E-state index in [9.17, 15) is 0 Å². The van der Waals surface area contributed by atoms with Gasteiger partial charge in [-0.2, -0.15) is 0 Å². The molecule has 24 heavy (non-hydrogen) atoms. The van der Waals surface area contributed by atoms with Crippen LogP contribution < -0.4 is 10.4 Å². The van der Waals surface area contributed by atoms with E-state index < -0.39 is 8.07 Å². The molecule has 2 aromatic carbocycles. The maximum Gasteiger partial charge on any atom is 0.208 e. The van der Waals surface area contributed by atoms with Crippen LogP contribution in [0.15, 0.2) is 60.7 Å². The van der Waals surface area contributed by atoms with E-state index in [4.69, 9.17) is 4.74 Å². The lowest BCUT2D eigenvalue weighted by molar-refractivity contribution is 0.0964. The van der Waals surface area contributed by atoms with Gasteiger partial charge in [-0.25, -0.2) is 0 Å². The van der Waals surface area contributed by atoms with Gasteiger partial charge >= 0.3 is 0 Å². The fraction of sp³-hybridized carbons (Fsp3) is 0.364. The highest BCUT2D eigenvalue weighted by molar-refractivity contribution is 7.10. The number of hydrogen-bond acceptors (Lipinski definition) is 1. The first-order valence-corrected chi connectivity index (χ1v) is 10.5. The predicted octanol–water partition coefficient (Wildman–Crippen LogP) is 4.36. The van der Waals surface area contributed by atoms with Crippen molar-refractivity contribution in [2.75, 3.05) is 0 Å². The zero-order valence-electron chi connectivity index (χ0n) is 15.7. The van der Waals surface area contributed by atoms with Crippen LogP contribution in [0.5, 0.6) is 0 Å². The second-order valence-corrected chi connectivity index (χ2v) is 12.6. The maximum absolute atomic E-state index is 5.80. The minimum Gasteiger partial charge on any atom is -0.441 e. The van der Waals surface area contributed by atoms with Gasteiger partial charge < -0.3 is 4.74 Å². The SMILES string of the molecule is CC(C)(C)OC#C[Si](c1ccccc1)(c1ccccc1)C(C)(C)C. The van der Waals surface area contributed by atoms with Gasteiger partial charge in [-0.3, -0.25) is 0 Å². The molecule has 0 aliphatic carbocycles. The summed E-state index contributed by atoms with van der Waals surface area (Å²) in [7, 11) is -2.34. The quantitative estimate of drug-likeness (QED) is 0.585. The van der Waals surface area contributed by atoms with Crippen LogP contribution in [0.3, 0.4) is 0 Å². The molecule has 0 radical (unpaired) electrons. The molecule has 0 bridgehead atoms. The first-order valence-electron chi connectivity index (χ1n) is 8.48. The van der Waals surface area contributed by atoms with E-state index in [1.54, 1.807) is 0 Å². The number of ether oxygens (including phenoxy) is 1. The zero-order chi connectivity index (χ0) is 17.8. The van der Waals surface area contributed by atoms with Crippen LogP contribution in [-0.4, -0.2) is 13.7 Å². The Morgan fingerprint density at radius 3 is 1.46 bits per heavy atom. The van der Waals surface area contributed by atoms with Crippen LogP contribution in [0.2, 0.25) is 5.04 Å². The minimum atomic E-state index is -2.34. The predicted molar refractivity (Wildman–Crippen MR) is 106 cm³/mol. The molecule has 0 aliphatic heterocycles. The Kier molecular flexibility index (Phi) is 5.25. The summed E-state index contributed by atoms with van der Waals surface area (Å²) < 4.78 is 5.80. The average Bonchev–Trinajstić information content (AvgIpc) is 2.51. The maximum atomic E-state index is 5.80. The van der Waals surface area contributed by atoms with Crippen molar-refractivity contribution in [3.05, 3.63) is 60.7 Å². The van der Waals surface area contributed by atoms with Crippen LogP contribution in [-0.2, 0) is 4.74 Å². The van der Waals surface area contributed by atoms with Gasteiger partial charge in [0.2, 0.25) is 8.07 Å². The molecule has 0 aliphatic rings. The zero-order valence-corrected chi connectivity index (χ0v) is 16.7. The number of benzene rings is 2. The average molecular weight is 337 g/mol. The highest BCUT2D eigenvalue weighted by Gasteiger charge is 2.47. The van der Waals surface area contributed by atoms with Crippen molar-refractivity contribution in [1.82, 2.24) is 0 Å². The van der Waals surface area contributed by atoms with Gasteiger partial charge in [-0.05, 0) is 36.2 Å². The molecular weight excluding hydrogens is 308 g/mol. The van der Waals surface area contributed by atoms with Crippen LogP contribution in [0.1, 0.15) is 41.5 Å². The summed E-state index contributed by atoms with van der Waals surface area (Å²) in [6.07, 6.45) is 3.08. The van der Waals surface area contributed by atoms with Gasteiger partial charge in [-0.1, -0.05) is 87.0 Å². The van der Waals surface area contributed by atoms with E-state index >= 15 is 0 Å². The van der Waals surface area contributed by atoms with Crippen molar-refractivity contribution in [1.29, 1.82) is 0 Å². The summed E-state index contributed by atoms with van der Waals surface area (Å²) >= 11 is 0. The van der Waals surface area contributed by atoms with Crippen LogP contribution in [0.25, 0.3) is 0 Å². The molecule has 0 heterocycles. The molecule has 0 fully saturated rings. The van der Waals surface area contributed by atoms with Gasteiger partial charge in [-0.15, -0.1) is 0 Å². The summed E-state index contributed by atoms with van der Waals surface area (Å²) in [5.74, 6) is 0. The second kappa shape index (κ2) is 6.87. The Bertz CT molecular complexity index is 670. The molecule has 2 rings (SSSR count). The van der Waals surface area contributed by atoms with Gasteiger partial charge in [0.05, 0.1) is 0 Å². The Morgan fingerprint density at radius 2 is 1.12 bits per heavy atom. The smallest absolute Gasteiger partial charge is 0.208 e. The standard InChI is InChI=1S/C22H28OSi/c1-21(2,3)23-17-18-24(22(4,5)6,19-13-9-7-10-14-19)20-15-11-8-12-16-20/h7-16H,1-6H3. The molecule has 1 nitrogen and oxygen atoms in total. The lowest BCUT2D eigenvalue weighted by Gasteiger charge is -2.39. The lowest BCUT2D eigenvalue weighted by atomic mass is 10.2. The van der Waals surface area contributed by atoms with E-state index in [1.807, 2.05) is 20.8 Å². The molecular formula is C22H28OSi. The molecule has 2 aromatic rings. The third-order valence-corrected chi connectivity index (χ3v) is 9.26. The molecule has 0 saturated heterocycles. The monoisotopic (exact) mass is 336 g/mol. The highest BCUT2D eigenvalue weighted by atomic mass is 28.3. The molecule has 0 unspecified atom stereocenters. The van der Waals surface area contributed by atoms with Crippen molar-refractivity contribution in [3.8, 4) is 11.7 Å². The molecule has 0 amide bonds. The van der Waals surface area contributed by atoms with E-state index in [-0.39, 0.29) is 10.6 Å². The molecule has 0 spiro atoms. The fourth-order valence-corrected chi connectivity index (χ4v) is 7.31. The molecule has 0 N–H and O–H groups in total. The van der Waals surface area contributed by atoms with Gasteiger partial charge in [0.1, 0.15) is 11.7 Å². The topological polar surface area (TPSA) is 9.23 Å². The van der Waals surface area contributed by atoms with Crippen LogP contribution in [0.4, 0.5) is 0 Å². The first kappa shape index (κ1) is 18.4. The number of hydrogen-bond donors (Lipinski definition) is 0. The van der Waals surface area contributed by atoms with E-state index in [2.05, 4.69) is 93.1 Å². The third kappa shape index (κ3) is 3.91. The Balaban J connectivity index is 2.71. The van der Waals surface area contributed by atoms with Crippen LogP contribution in [0, 0.1) is 11.7 Å². The molecule has 2 heteroatoms. The van der Waals surface area contributed by atoms with Crippen molar-refractivity contribution < 1.29 is 4.74 Å². The Labute approximate surface area is 148 Å². The van der Waals surface area contributed by atoms with E-state index in [0.717, 1.165) is 0 Å². The van der Waals surface area contributed by atoms with Crippen molar-refractivity contribution >= 4 is 18.4 Å². The molecule has 0 saturated carbocycles. The largest absolute Gasteiger partial charge is 0.441 e. The summed E-state index contributed by atoms with van der Waals surface area (Å²) in [4.78, 5) is 0. The van der Waals surface area contributed by atoms with Crippen LogP contribution >= 0.6 is 0 Å². The molecule has 0 atom stereocenters. The van der Waals surface area contributed by atoms with Gasteiger partial charge in [0.15, 0.2) is 0 Å². The van der Waals surface area contributed by atoms with E-state index in [1.165, 1.54) is 10.4 Å². The fourth-order valence-electron chi connectivity index (χ4n) is 3.00. The normalized spacial score (nSPS) is 12.2. The summed E-state index contributed by atoms with van der Waals surface area (Å²) in [5, 5.41) is 2.69. The lowest BCUT2D eigenvalue weighted by Crippen LogP contribution is -2.63. The van der Waals surface area contributed by atoms with Crippen molar-refractivity contribution in [2.24, 2.45) is 0 Å². The molecule has 126 valence electrons. The van der Waals surface area contributed by atoms with Gasteiger partial charge in [0.25, 0.3) is 0 Å².